The van der Waals surface area contributed by atoms with Gasteiger partial charge in [0.1, 0.15) is 18.5 Å². The van der Waals surface area contributed by atoms with Gasteiger partial charge in [-0.25, -0.2) is 24.5 Å². The minimum atomic E-state index is -1.77. The Labute approximate surface area is 163 Å². The molecule has 2 rings (SSSR count). The van der Waals surface area contributed by atoms with Crippen LogP contribution in [-0.2, 0) is 14.3 Å². The molecule has 1 amide bonds. The number of imidazole rings is 1. The molecule has 1 atom stereocenters. The number of rotatable bonds is 7. The molecule has 0 aliphatic rings. The van der Waals surface area contributed by atoms with Crippen LogP contribution >= 0.6 is 34.8 Å². The fourth-order valence-corrected chi connectivity index (χ4v) is 2.08. The van der Waals surface area contributed by atoms with Crippen molar-refractivity contribution in [3.8, 4) is 0 Å². The Bertz CT molecular complexity index is 764. The number of esters is 1. The van der Waals surface area contributed by atoms with Gasteiger partial charge in [-0.2, -0.15) is 0 Å². The summed E-state index contributed by atoms with van der Waals surface area (Å²) >= 11 is 16.6. The van der Waals surface area contributed by atoms with Gasteiger partial charge in [0.25, 0.3) is 0 Å². The number of amides is 1. The first-order valence-electron chi connectivity index (χ1n) is 7.61. The number of alkyl carbamates (subject to hydrolysis) is 1. The highest BCUT2D eigenvalue weighted by Crippen LogP contribution is 2.26. The maximum atomic E-state index is 12.4. The van der Waals surface area contributed by atoms with Gasteiger partial charge in [-0.15, -0.1) is 0 Å². The SMILES string of the molecule is CCCCOC(=O)C(NC(=O)OCC(Cl)(Cl)Cl)n1cnc2ncncc21. The molecule has 142 valence electrons. The van der Waals surface area contributed by atoms with E-state index in [1.54, 1.807) is 0 Å². The molecule has 0 saturated heterocycles. The molecule has 0 saturated carbocycles. The van der Waals surface area contributed by atoms with Crippen LogP contribution in [0.5, 0.6) is 0 Å². The summed E-state index contributed by atoms with van der Waals surface area (Å²) in [6, 6.07) is 0. The van der Waals surface area contributed by atoms with Crippen LogP contribution in [0.15, 0.2) is 18.9 Å². The van der Waals surface area contributed by atoms with E-state index in [9.17, 15) is 9.59 Å². The van der Waals surface area contributed by atoms with Crippen molar-refractivity contribution in [2.24, 2.45) is 0 Å². The van der Waals surface area contributed by atoms with Crippen molar-refractivity contribution >= 4 is 58.0 Å². The van der Waals surface area contributed by atoms with Crippen LogP contribution in [0, 0.1) is 0 Å². The lowest BCUT2D eigenvalue weighted by Gasteiger charge is -2.20. The minimum Gasteiger partial charge on any atom is -0.463 e. The Morgan fingerprint density at radius 1 is 1.31 bits per heavy atom. The zero-order valence-corrected chi connectivity index (χ0v) is 16.0. The van der Waals surface area contributed by atoms with Crippen molar-refractivity contribution in [1.82, 2.24) is 24.8 Å². The summed E-state index contributed by atoms with van der Waals surface area (Å²) in [6.07, 6.45) is 3.42. The summed E-state index contributed by atoms with van der Waals surface area (Å²) in [7, 11) is 0. The van der Waals surface area contributed by atoms with E-state index in [1.807, 2.05) is 6.92 Å². The van der Waals surface area contributed by atoms with Gasteiger partial charge in [-0.05, 0) is 6.42 Å². The van der Waals surface area contributed by atoms with Crippen molar-refractivity contribution in [3.63, 3.8) is 0 Å². The van der Waals surface area contributed by atoms with E-state index in [0.717, 1.165) is 6.42 Å². The van der Waals surface area contributed by atoms with Crippen LogP contribution in [0.3, 0.4) is 0 Å². The summed E-state index contributed by atoms with van der Waals surface area (Å²) in [5.41, 5.74) is 0.773. The van der Waals surface area contributed by atoms with Crippen molar-refractivity contribution in [3.05, 3.63) is 18.9 Å². The molecule has 2 aromatic rings. The normalized spacial score (nSPS) is 12.6. The fraction of sp³-hybridized carbons (Fsp3) is 0.500. The molecule has 0 radical (unpaired) electrons. The van der Waals surface area contributed by atoms with E-state index in [0.29, 0.717) is 17.6 Å². The van der Waals surface area contributed by atoms with E-state index < -0.39 is 28.6 Å². The molecule has 0 aliphatic heterocycles. The van der Waals surface area contributed by atoms with E-state index >= 15 is 0 Å². The molecule has 0 fully saturated rings. The summed E-state index contributed by atoms with van der Waals surface area (Å²) < 4.78 is 9.58. The predicted molar refractivity (Wildman–Crippen MR) is 95.0 cm³/mol. The van der Waals surface area contributed by atoms with Gasteiger partial charge in [0.2, 0.25) is 9.96 Å². The molecular weight excluding hydrogens is 409 g/mol. The number of aromatic nitrogens is 4. The van der Waals surface area contributed by atoms with Crippen molar-refractivity contribution in [1.29, 1.82) is 0 Å². The van der Waals surface area contributed by atoms with Crippen LogP contribution in [-0.4, -0.2) is 48.6 Å². The van der Waals surface area contributed by atoms with Gasteiger partial charge in [0, 0.05) is 0 Å². The predicted octanol–water partition coefficient (Wildman–Crippen LogP) is 2.76. The highest BCUT2D eigenvalue weighted by Gasteiger charge is 2.28. The summed E-state index contributed by atoms with van der Waals surface area (Å²) in [6.45, 7) is 1.67. The Morgan fingerprint density at radius 2 is 2.08 bits per heavy atom. The average Bonchev–Trinajstić information content (AvgIpc) is 3.01. The number of nitrogens with zero attached hydrogens (tertiary/aromatic N) is 4. The van der Waals surface area contributed by atoms with Crippen LogP contribution in [0.4, 0.5) is 4.79 Å². The Morgan fingerprint density at radius 3 is 2.77 bits per heavy atom. The lowest BCUT2D eigenvalue weighted by atomic mass is 10.3. The summed E-state index contributed by atoms with van der Waals surface area (Å²) in [5, 5.41) is 2.37. The highest BCUT2D eigenvalue weighted by atomic mass is 35.6. The van der Waals surface area contributed by atoms with Gasteiger partial charge in [-0.1, -0.05) is 48.1 Å². The van der Waals surface area contributed by atoms with Gasteiger partial charge in [0.05, 0.1) is 19.1 Å². The lowest BCUT2D eigenvalue weighted by Crippen LogP contribution is -2.39. The van der Waals surface area contributed by atoms with E-state index in [4.69, 9.17) is 44.3 Å². The number of fused-ring (bicyclic) bond motifs is 1. The van der Waals surface area contributed by atoms with Gasteiger partial charge < -0.3 is 9.47 Å². The third-order valence-electron chi connectivity index (χ3n) is 3.12. The second kappa shape index (κ2) is 9.20. The molecule has 0 spiro atoms. The molecule has 1 unspecified atom stereocenters. The second-order valence-electron chi connectivity index (χ2n) is 5.14. The molecule has 0 bridgehead atoms. The van der Waals surface area contributed by atoms with Crippen LogP contribution < -0.4 is 5.32 Å². The molecule has 0 aliphatic carbocycles. The van der Waals surface area contributed by atoms with E-state index in [-0.39, 0.29) is 6.61 Å². The Balaban J connectivity index is 2.19. The molecule has 2 aromatic heterocycles. The number of nitrogens with one attached hydrogen (secondary N) is 1. The largest absolute Gasteiger partial charge is 0.463 e. The number of carbonyl (C=O) groups excluding carboxylic acids is 2. The van der Waals surface area contributed by atoms with Crippen molar-refractivity contribution in [2.75, 3.05) is 13.2 Å². The monoisotopic (exact) mass is 423 g/mol. The van der Waals surface area contributed by atoms with E-state index in [1.165, 1.54) is 23.4 Å². The smallest absolute Gasteiger partial charge is 0.409 e. The topological polar surface area (TPSA) is 108 Å². The second-order valence-corrected chi connectivity index (χ2v) is 7.66. The van der Waals surface area contributed by atoms with Gasteiger partial charge in [0.15, 0.2) is 5.65 Å². The van der Waals surface area contributed by atoms with Crippen LogP contribution in [0.1, 0.15) is 25.9 Å². The molecule has 9 nitrogen and oxygen atoms in total. The first-order chi connectivity index (χ1) is 12.3. The molecule has 1 N–H and O–H groups in total. The fourth-order valence-electron chi connectivity index (χ4n) is 1.92. The van der Waals surface area contributed by atoms with Gasteiger partial charge in [-0.3, -0.25) is 9.88 Å². The maximum absolute atomic E-state index is 12.4. The number of unbranched alkanes of at least 4 members (excludes halogenated alkanes) is 1. The van der Waals surface area contributed by atoms with Crippen LogP contribution in [0.25, 0.3) is 11.2 Å². The summed E-state index contributed by atoms with van der Waals surface area (Å²) in [5.74, 6) is -0.701. The third-order valence-corrected chi connectivity index (χ3v) is 3.45. The average molecular weight is 425 g/mol. The number of carbonyl (C=O) groups is 2. The highest BCUT2D eigenvalue weighted by molar-refractivity contribution is 6.67. The maximum Gasteiger partial charge on any atom is 0.409 e. The first kappa shape index (κ1) is 20.5. The standard InChI is InChI=1S/C14H16Cl3N5O4/c1-2-3-4-25-12(23)11(21-13(24)26-6-14(15,16)17)22-8-20-10-9(22)5-18-7-19-10/h5,7-8,11H,2-4,6H2,1H3,(H,21,24). The van der Waals surface area contributed by atoms with Crippen molar-refractivity contribution in [2.45, 2.75) is 29.7 Å². The Kier molecular flexibility index (Phi) is 7.24. The number of hydrogen-bond acceptors (Lipinski definition) is 7. The number of hydrogen-bond donors (Lipinski definition) is 1. The zero-order valence-electron chi connectivity index (χ0n) is 13.7. The quantitative estimate of drug-likeness (QED) is 0.413. The molecular formula is C14H16Cl3N5O4. The molecule has 2 heterocycles. The minimum absolute atomic E-state index is 0.208. The molecule has 12 heteroatoms. The number of alkyl halides is 3. The van der Waals surface area contributed by atoms with Gasteiger partial charge >= 0.3 is 12.1 Å². The van der Waals surface area contributed by atoms with Crippen molar-refractivity contribution < 1.29 is 19.1 Å². The third kappa shape index (κ3) is 5.86. The summed E-state index contributed by atoms with van der Waals surface area (Å²) in [4.78, 5) is 36.3. The zero-order chi connectivity index (χ0) is 19.2. The van der Waals surface area contributed by atoms with Crippen LogP contribution in [0.2, 0.25) is 0 Å². The molecule has 26 heavy (non-hydrogen) atoms. The lowest BCUT2D eigenvalue weighted by molar-refractivity contribution is -0.148. The molecule has 0 aromatic carbocycles. The first-order valence-corrected chi connectivity index (χ1v) is 8.74. The van der Waals surface area contributed by atoms with E-state index in [2.05, 4.69) is 20.3 Å². The number of ether oxygens (including phenoxy) is 2. The number of halogens is 3. The Hall–Kier alpha value is -1.84.